The molecule has 0 aliphatic rings. The number of carboxylic acid groups (broad SMARTS) is 1. The van der Waals surface area contributed by atoms with Crippen LogP contribution in [0.2, 0.25) is 0 Å². The lowest BCUT2D eigenvalue weighted by atomic mass is 10.2. The second-order valence-electron chi connectivity index (χ2n) is 6.86. The van der Waals surface area contributed by atoms with E-state index in [1.807, 2.05) is 0 Å². The lowest BCUT2D eigenvalue weighted by molar-refractivity contribution is -0.137. The Morgan fingerprint density at radius 2 is 2.04 bits per heavy atom. The Kier molecular flexibility index (Phi) is 7.49. The first kappa shape index (κ1) is 21.8. The molecule has 0 aromatic carbocycles. The van der Waals surface area contributed by atoms with E-state index in [1.165, 1.54) is 22.5 Å². The van der Waals surface area contributed by atoms with Crippen LogP contribution in [0.15, 0.2) is 15.9 Å². The number of aryl methyl sites for hydroxylation is 1. The summed E-state index contributed by atoms with van der Waals surface area (Å²) in [6, 6.07) is 0. The number of aromatic nitrogens is 4. The number of nitrogens with zero attached hydrogens (tertiary/aromatic N) is 5. The first-order chi connectivity index (χ1) is 13.3. The van der Waals surface area contributed by atoms with Crippen molar-refractivity contribution in [3.05, 3.63) is 27.2 Å². The van der Waals surface area contributed by atoms with Crippen LogP contribution in [0.1, 0.15) is 19.3 Å². The average Bonchev–Trinajstić information content (AvgIpc) is 3.02. The maximum Gasteiger partial charge on any atom is 0.332 e. The number of likely N-dealkylation sites (N-methyl/N-ethyl adjacent to an activating group) is 1. The van der Waals surface area contributed by atoms with E-state index in [0.717, 1.165) is 4.57 Å². The van der Waals surface area contributed by atoms with Crippen LogP contribution in [0.25, 0.3) is 11.2 Å². The molecule has 0 spiro atoms. The summed E-state index contributed by atoms with van der Waals surface area (Å²) in [6.07, 6.45) is 1.33. The van der Waals surface area contributed by atoms with Crippen LogP contribution in [0.3, 0.4) is 0 Å². The molecule has 11 nitrogen and oxygen atoms in total. The van der Waals surface area contributed by atoms with Gasteiger partial charge in [-0.25, -0.2) is 9.78 Å². The zero-order valence-corrected chi connectivity index (χ0v) is 16.1. The van der Waals surface area contributed by atoms with Crippen LogP contribution in [-0.4, -0.2) is 77.7 Å². The van der Waals surface area contributed by atoms with Gasteiger partial charge in [-0.2, -0.15) is 0 Å². The molecule has 0 aliphatic carbocycles. The van der Waals surface area contributed by atoms with Gasteiger partial charge in [-0.1, -0.05) is 0 Å². The van der Waals surface area contributed by atoms with Crippen molar-refractivity contribution in [2.24, 2.45) is 7.05 Å². The van der Waals surface area contributed by atoms with E-state index in [2.05, 4.69) is 4.98 Å². The topological polar surface area (TPSA) is 143 Å². The van der Waals surface area contributed by atoms with Crippen LogP contribution >= 0.6 is 0 Å². The Morgan fingerprint density at radius 1 is 1.32 bits per heavy atom. The summed E-state index contributed by atoms with van der Waals surface area (Å²) in [5, 5.41) is 27.9. The minimum absolute atomic E-state index is 0.0219. The predicted molar refractivity (Wildman–Crippen MR) is 101 cm³/mol. The smallest absolute Gasteiger partial charge is 0.332 e. The van der Waals surface area contributed by atoms with Crippen molar-refractivity contribution in [3.63, 3.8) is 0 Å². The van der Waals surface area contributed by atoms with Gasteiger partial charge in [0.05, 0.1) is 25.6 Å². The number of carbonyl (C=O) groups is 1. The number of rotatable bonds is 11. The molecular weight excluding hydrogens is 370 g/mol. The molecule has 1 atom stereocenters. The number of fused-ring (bicyclic) bond motifs is 1. The zero-order chi connectivity index (χ0) is 20.8. The summed E-state index contributed by atoms with van der Waals surface area (Å²) >= 11 is 0. The van der Waals surface area contributed by atoms with Crippen LogP contribution in [0, 0.1) is 0 Å². The Labute approximate surface area is 161 Å². The third-order valence-electron chi connectivity index (χ3n) is 4.54. The van der Waals surface area contributed by atoms with Crippen LogP contribution < -0.4 is 11.2 Å². The number of carboxylic acids is 1. The van der Waals surface area contributed by atoms with Crippen LogP contribution in [0.4, 0.5) is 0 Å². The van der Waals surface area contributed by atoms with Crippen molar-refractivity contribution in [1.82, 2.24) is 23.6 Å². The highest BCUT2D eigenvalue weighted by molar-refractivity contribution is 5.70. The number of imidazole rings is 1. The average molecular weight is 397 g/mol. The minimum Gasteiger partial charge on any atom is -0.481 e. The first-order valence-electron chi connectivity index (χ1n) is 9.10. The zero-order valence-electron chi connectivity index (χ0n) is 16.1. The molecule has 28 heavy (non-hydrogen) atoms. The first-order valence-corrected chi connectivity index (χ1v) is 9.10. The maximum absolute atomic E-state index is 12.9. The second-order valence-corrected chi connectivity index (χ2v) is 6.86. The van der Waals surface area contributed by atoms with Crippen molar-refractivity contribution in [1.29, 1.82) is 0 Å². The Hall–Kier alpha value is -2.50. The van der Waals surface area contributed by atoms with Crippen molar-refractivity contribution in [3.8, 4) is 0 Å². The molecule has 0 fully saturated rings. The Bertz CT molecular complexity index is 930. The van der Waals surface area contributed by atoms with Gasteiger partial charge in [-0.05, 0) is 19.9 Å². The van der Waals surface area contributed by atoms with Gasteiger partial charge in [-0.15, -0.1) is 0 Å². The minimum atomic E-state index is -0.922. The van der Waals surface area contributed by atoms with Gasteiger partial charge in [0.25, 0.3) is 5.56 Å². The fraction of sp³-hybridized carbons (Fsp3) is 0.647. The summed E-state index contributed by atoms with van der Waals surface area (Å²) in [5.41, 5.74) is -0.583. The fourth-order valence-corrected chi connectivity index (χ4v) is 3.11. The molecule has 2 heterocycles. The summed E-state index contributed by atoms with van der Waals surface area (Å²) in [6.45, 7) is 0.918. The molecule has 3 N–H and O–H groups in total. The molecule has 2 rings (SSSR count). The van der Waals surface area contributed by atoms with Crippen LogP contribution in [-0.2, 0) is 24.9 Å². The molecule has 1 unspecified atom stereocenters. The third-order valence-corrected chi connectivity index (χ3v) is 4.54. The van der Waals surface area contributed by atoms with E-state index >= 15 is 0 Å². The second kappa shape index (κ2) is 9.62. The molecule has 2 aromatic rings. The molecule has 0 aliphatic heterocycles. The Balaban J connectivity index is 2.28. The van der Waals surface area contributed by atoms with Gasteiger partial charge >= 0.3 is 11.7 Å². The molecule has 0 amide bonds. The highest BCUT2D eigenvalue weighted by atomic mass is 16.4. The molecule has 156 valence electrons. The highest BCUT2D eigenvalue weighted by Crippen LogP contribution is 2.08. The predicted octanol–water partition coefficient (Wildman–Crippen LogP) is -1.56. The van der Waals surface area contributed by atoms with Gasteiger partial charge < -0.3 is 24.8 Å². The molecular formula is C17H27N5O6. The fourth-order valence-electron chi connectivity index (χ4n) is 3.11. The van der Waals surface area contributed by atoms with E-state index in [4.69, 9.17) is 10.2 Å². The lowest BCUT2D eigenvalue weighted by Crippen LogP contribution is -2.40. The summed E-state index contributed by atoms with van der Waals surface area (Å²) in [5.74, 6) is -0.922. The molecule has 11 heteroatoms. The largest absolute Gasteiger partial charge is 0.481 e. The number of hydrogen-bond acceptors (Lipinski definition) is 7. The number of hydrogen-bond donors (Lipinski definition) is 3. The van der Waals surface area contributed by atoms with Crippen molar-refractivity contribution in [2.75, 3.05) is 26.7 Å². The summed E-state index contributed by atoms with van der Waals surface area (Å²) < 4.78 is 3.86. The standard InChI is InChI=1S/C17H27N5O6/c1-19(7-8-23)9-12(24)10-21-11-18-15-14(21)16(27)22(17(28)20(15)2)6-4-3-5-13(25)26/h11-12,23-24H,3-10H2,1-2H3,(H,25,26). The Morgan fingerprint density at radius 3 is 2.68 bits per heavy atom. The van der Waals surface area contributed by atoms with Crippen LogP contribution in [0.5, 0.6) is 0 Å². The molecule has 0 bridgehead atoms. The van der Waals surface area contributed by atoms with Gasteiger partial charge in [0.15, 0.2) is 11.2 Å². The van der Waals surface area contributed by atoms with Gasteiger partial charge in [0, 0.05) is 33.1 Å². The van der Waals surface area contributed by atoms with E-state index in [-0.39, 0.29) is 37.3 Å². The quantitative estimate of drug-likeness (QED) is 0.386. The van der Waals surface area contributed by atoms with Gasteiger partial charge in [0.1, 0.15) is 0 Å². The summed E-state index contributed by atoms with van der Waals surface area (Å²) in [4.78, 5) is 41.8. The molecule has 0 radical (unpaired) electrons. The number of aliphatic carboxylic acids is 1. The van der Waals surface area contributed by atoms with Crippen molar-refractivity contribution < 1.29 is 20.1 Å². The van der Waals surface area contributed by atoms with Crippen molar-refractivity contribution in [2.45, 2.75) is 38.5 Å². The van der Waals surface area contributed by atoms with E-state index < -0.39 is 23.3 Å². The normalized spacial score (nSPS) is 12.8. The van der Waals surface area contributed by atoms with E-state index in [9.17, 15) is 19.5 Å². The van der Waals surface area contributed by atoms with Gasteiger partial charge in [-0.3, -0.25) is 18.7 Å². The number of aliphatic hydroxyl groups excluding tert-OH is 2. The monoisotopic (exact) mass is 397 g/mol. The number of aliphatic hydroxyl groups is 2. The van der Waals surface area contributed by atoms with E-state index in [1.54, 1.807) is 11.9 Å². The van der Waals surface area contributed by atoms with Crippen molar-refractivity contribution >= 4 is 17.1 Å². The number of unbranched alkanes of at least 4 members (excludes halogenated alkanes) is 1. The lowest BCUT2D eigenvalue weighted by Gasteiger charge is -2.20. The van der Waals surface area contributed by atoms with Gasteiger partial charge in [0.2, 0.25) is 0 Å². The molecule has 2 aromatic heterocycles. The van der Waals surface area contributed by atoms with E-state index in [0.29, 0.717) is 25.9 Å². The molecule has 0 saturated heterocycles. The third kappa shape index (κ3) is 5.06. The SMILES string of the molecule is CN(CCO)CC(O)Cn1cnc2c1c(=O)n(CCCCC(=O)O)c(=O)n2C. The maximum atomic E-state index is 12.9. The molecule has 0 saturated carbocycles. The summed E-state index contributed by atoms with van der Waals surface area (Å²) in [7, 11) is 3.28. The highest BCUT2D eigenvalue weighted by Gasteiger charge is 2.18.